The van der Waals surface area contributed by atoms with E-state index in [0.717, 1.165) is 0 Å². The van der Waals surface area contributed by atoms with Crippen LogP contribution in [0.1, 0.15) is 35.7 Å². The maximum atomic E-state index is 11.2. The third-order valence-electron chi connectivity index (χ3n) is 2.27. The Balaban J connectivity index is 3.28. The number of carbonyl (C=O) groups is 1. The molecule has 0 amide bonds. The molecule has 0 aliphatic rings. The minimum Gasteiger partial charge on any atom is -0.465 e. The van der Waals surface area contributed by atoms with E-state index in [-0.39, 0.29) is 17.2 Å². The monoisotopic (exact) mass is 223 g/mol. The normalized spacial score (nSPS) is 10.2. The zero-order chi connectivity index (χ0) is 12.3. The summed E-state index contributed by atoms with van der Waals surface area (Å²) >= 11 is 0. The van der Waals surface area contributed by atoms with Crippen molar-refractivity contribution in [2.45, 2.75) is 19.8 Å². The van der Waals surface area contributed by atoms with Gasteiger partial charge in [-0.2, -0.15) is 0 Å². The third-order valence-corrected chi connectivity index (χ3v) is 2.27. The van der Waals surface area contributed by atoms with Gasteiger partial charge in [0.25, 0.3) is 5.69 Å². The summed E-state index contributed by atoms with van der Waals surface area (Å²) in [5, 5.41) is 10.8. The minimum atomic E-state index is -0.571. The van der Waals surface area contributed by atoms with Gasteiger partial charge in [-0.1, -0.05) is 19.9 Å². The molecule has 1 aromatic rings. The number of hydrogen-bond acceptors (Lipinski definition) is 4. The summed E-state index contributed by atoms with van der Waals surface area (Å²) in [7, 11) is 1.24. The van der Waals surface area contributed by atoms with E-state index in [1.807, 2.05) is 13.8 Å². The summed E-state index contributed by atoms with van der Waals surface area (Å²) in [5.41, 5.74) is 0.758. The van der Waals surface area contributed by atoms with Crippen LogP contribution in [-0.4, -0.2) is 18.0 Å². The molecule has 0 heterocycles. The fraction of sp³-hybridized carbons (Fsp3) is 0.364. The minimum absolute atomic E-state index is 0.0343. The Morgan fingerprint density at radius 2 is 2.06 bits per heavy atom. The fourth-order valence-electron chi connectivity index (χ4n) is 1.43. The number of methoxy groups -OCH3 is 1. The van der Waals surface area contributed by atoms with E-state index in [9.17, 15) is 14.9 Å². The van der Waals surface area contributed by atoms with Crippen LogP contribution >= 0.6 is 0 Å². The number of ether oxygens (including phenoxy) is 1. The molecule has 0 spiro atoms. The highest BCUT2D eigenvalue weighted by molar-refractivity contribution is 5.90. The molecule has 86 valence electrons. The zero-order valence-electron chi connectivity index (χ0n) is 9.39. The summed E-state index contributed by atoms with van der Waals surface area (Å²) in [6.45, 7) is 3.72. The van der Waals surface area contributed by atoms with Crippen LogP contribution in [0.2, 0.25) is 0 Å². The van der Waals surface area contributed by atoms with Crippen molar-refractivity contribution in [1.82, 2.24) is 0 Å². The van der Waals surface area contributed by atoms with Gasteiger partial charge in [0.1, 0.15) is 0 Å². The van der Waals surface area contributed by atoms with Crippen LogP contribution in [0.3, 0.4) is 0 Å². The van der Waals surface area contributed by atoms with E-state index < -0.39 is 10.9 Å². The lowest BCUT2D eigenvalue weighted by Crippen LogP contribution is -2.04. The molecular formula is C11H13NO4. The smallest absolute Gasteiger partial charge is 0.338 e. The predicted molar refractivity (Wildman–Crippen MR) is 58.5 cm³/mol. The van der Waals surface area contributed by atoms with Gasteiger partial charge in [0.2, 0.25) is 0 Å². The first-order valence-electron chi connectivity index (χ1n) is 4.84. The number of esters is 1. The number of carbonyl (C=O) groups excluding carboxylic acids is 1. The molecule has 0 N–H and O–H groups in total. The molecule has 16 heavy (non-hydrogen) atoms. The molecule has 5 heteroatoms. The molecule has 0 fully saturated rings. The molecule has 0 unspecified atom stereocenters. The van der Waals surface area contributed by atoms with E-state index in [1.165, 1.54) is 19.2 Å². The Bertz CT molecular complexity index is 426. The van der Waals surface area contributed by atoms with Crippen molar-refractivity contribution in [2.75, 3.05) is 7.11 Å². The summed E-state index contributed by atoms with van der Waals surface area (Å²) in [5.74, 6) is -0.537. The Kier molecular flexibility index (Phi) is 3.60. The molecule has 0 saturated carbocycles. The number of nitro benzene ring substituents is 1. The summed E-state index contributed by atoms with van der Waals surface area (Å²) in [4.78, 5) is 21.6. The van der Waals surface area contributed by atoms with E-state index in [2.05, 4.69) is 4.74 Å². The molecule has 5 nitrogen and oxygen atoms in total. The third kappa shape index (κ3) is 2.36. The lowest BCUT2D eigenvalue weighted by Gasteiger charge is -2.07. The zero-order valence-corrected chi connectivity index (χ0v) is 9.39. The maximum Gasteiger partial charge on any atom is 0.338 e. The van der Waals surface area contributed by atoms with E-state index >= 15 is 0 Å². The van der Waals surface area contributed by atoms with Crippen LogP contribution in [-0.2, 0) is 4.74 Å². The molecule has 0 aromatic heterocycles. The number of benzene rings is 1. The van der Waals surface area contributed by atoms with Crippen LogP contribution in [0.5, 0.6) is 0 Å². The van der Waals surface area contributed by atoms with E-state index in [1.54, 1.807) is 6.07 Å². The van der Waals surface area contributed by atoms with Gasteiger partial charge in [-0.25, -0.2) is 4.79 Å². The standard InChI is InChI=1S/C11H13NO4/c1-7(2)9-5-4-8(11(13)16-3)6-10(9)12(14)15/h4-7H,1-3H3. The Labute approximate surface area is 93.2 Å². The molecule has 0 aliphatic carbocycles. The fourth-order valence-corrected chi connectivity index (χ4v) is 1.43. The second-order valence-electron chi connectivity index (χ2n) is 3.68. The van der Waals surface area contributed by atoms with Crippen molar-refractivity contribution in [3.8, 4) is 0 Å². The topological polar surface area (TPSA) is 69.4 Å². The molecular weight excluding hydrogens is 210 g/mol. The van der Waals surface area contributed by atoms with Crippen LogP contribution in [0.4, 0.5) is 5.69 Å². The van der Waals surface area contributed by atoms with Crippen molar-refractivity contribution >= 4 is 11.7 Å². The van der Waals surface area contributed by atoms with Gasteiger partial charge in [-0.05, 0) is 12.0 Å². The number of nitro groups is 1. The highest BCUT2D eigenvalue weighted by Crippen LogP contribution is 2.27. The average molecular weight is 223 g/mol. The lowest BCUT2D eigenvalue weighted by molar-refractivity contribution is -0.385. The van der Waals surface area contributed by atoms with Crippen molar-refractivity contribution in [3.05, 3.63) is 39.4 Å². The second kappa shape index (κ2) is 4.74. The Morgan fingerprint density at radius 3 is 2.50 bits per heavy atom. The number of nitrogens with zero attached hydrogens (tertiary/aromatic N) is 1. The van der Waals surface area contributed by atoms with Gasteiger partial charge < -0.3 is 4.74 Å². The van der Waals surface area contributed by atoms with Crippen LogP contribution in [0.15, 0.2) is 18.2 Å². The highest BCUT2D eigenvalue weighted by Gasteiger charge is 2.19. The first kappa shape index (κ1) is 12.2. The van der Waals surface area contributed by atoms with E-state index in [0.29, 0.717) is 5.56 Å². The SMILES string of the molecule is COC(=O)c1ccc(C(C)C)c([N+](=O)[O-])c1. The predicted octanol–water partition coefficient (Wildman–Crippen LogP) is 2.50. The van der Waals surface area contributed by atoms with Crippen molar-refractivity contribution < 1.29 is 14.5 Å². The molecule has 0 saturated heterocycles. The van der Waals surface area contributed by atoms with Crippen molar-refractivity contribution in [1.29, 1.82) is 0 Å². The quantitative estimate of drug-likeness (QED) is 0.448. The molecule has 0 radical (unpaired) electrons. The summed E-state index contributed by atoms with van der Waals surface area (Å²) in [6.07, 6.45) is 0. The highest BCUT2D eigenvalue weighted by atomic mass is 16.6. The Hall–Kier alpha value is -1.91. The van der Waals surface area contributed by atoms with Crippen molar-refractivity contribution in [3.63, 3.8) is 0 Å². The van der Waals surface area contributed by atoms with Crippen LogP contribution in [0, 0.1) is 10.1 Å². The molecule has 0 bridgehead atoms. The van der Waals surface area contributed by atoms with Gasteiger partial charge in [0, 0.05) is 11.6 Å². The molecule has 1 aromatic carbocycles. The summed E-state index contributed by atoms with van der Waals surface area (Å²) < 4.78 is 4.51. The number of rotatable bonds is 3. The van der Waals surface area contributed by atoms with Gasteiger partial charge >= 0.3 is 5.97 Å². The first-order chi connectivity index (χ1) is 7.47. The van der Waals surface area contributed by atoms with E-state index in [4.69, 9.17) is 0 Å². The van der Waals surface area contributed by atoms with Gasteiger partial charge in [0.05, 0.1) is 17.6 Å². The van der Waals surface area contributed by atoms with Crippen LogP contribution < -0.4 is 0 Å². The lowest BCUT2D eigenvalue weighted by atomic mass is 9.99. The van der Waals surface area contributed by atoms with Gasteiger partial charge in [-0.15, -0.1) is 0 Å². The largest absolute Gasteiger partial charge is 0.465 e. The summed E-state index contributed by atoms with van der Waals surface area (Å²) in [6, 6.07) is 4.38. The molecule has 0 aliphatic heterocycles. The van der Waals surface area contributed by atoms with Crippen molar-refractivity contribution in [2.24, 2.45) is 0 Å². The molecule has 1 rings (SSSR count). The maximum absolute atomic E-state index is 11.2. The Morgan fingerprint density at radius 1 is 1.44 bits per heavy atom. The van der Waals surface area contributed by atoms with Gasteiger partial charge in [-0.3, -0.25) is 10.1 Å². The molecule has 0 atom stereocenters. The van der Waals surface area contributed by atoms with Gasteiger partial charge in [0.15, 0.2) is 0 Å². The average Bonchev–Trinajstić information content (AvgIpc) is 2.26. The number of hydrogen-bond donors (Lipinski definition) is 0. The second-order valence-corrected chi connectivity index (χ2v) is 3.68. The van der Waals surface area contributed by atoms with Crippen LogP contribution in [0.25, 0.3) is 0 Å². The first-order valence-corrected chi connectivity index (χ1v) is 4.84.